The summed E-state index contributed by atoms with van der Waals surface area (Å²) in [6, 6.07) is 8.16. The molecule has 1 aromatic carbocycles. The zero-order valence-electron chi connectivity index (χ0n) is 13.1. The van der Waals surface area contributed by atoms with Crippen LogP contribution in [0.25, 0.3) is 0 Å². The van der Waals surface area contributed by atoms with Crippen LogP contribution in [0.15, 0.2) is 24.3 Å². The molecule has 24 heavy (non-hydrogen) atoms. The zero-order valence-corrected chi connectivity index (χ0v) is 13.1. The lowest BCUT2D eigenvalue weighted by Gasteiger charge is -2.34. The summed E-state index contributed by atoms with van der Waals surface area (Å²) in [5.74, 6) is -3.44. The Labute approximate surface area is 139 Å². The Morgan fingerprint density at radius 2 is 1.92 bits per heavy atom. The molecule has 1 atom stereocenters. The second-order valence-corrected chi connectivity index (χ2v) is 5.44. The van der Waals surface area contributed by atoms with E-state index in [1.807, 2.05) is 23.1 Å². The van der Waals surface area contributed by atoms with Gasteiger partial charge in [0, 0.05) is 25.2 Å². The van der Waals surface area contributed by atoms with Crippen LogP contribution < -0.4 is 10.2 Å². The van der Waals surface area contributed by atoms with Gasteiger partial charge in [-0.2, -0.15) is 0 Å². The maximum atomic E-state index is 12.1. The van der Waals surface area contributed by atoms with Gasteiger partial charge in [0.25, 0.3) is 0 Å². The topological polar surface area (TPSA) is 116 Å². The van der Waals surface area contributed by atoms with Crippen molar-refractivity contribution in [3.8, 4) is 0 Å². The molecule has 1 saturated heterocycles. The van der Waals surface area contributed by atoms with Gasteiger partial charge < -0.3 is 25.2 Å². The Morgan fingerprint density at radius 3 is 2.54 bits per heavy atom. The molecule has 1 fully saturated rings. The van der Waals surface area contributed by atoms with Gasteiger partial charge >= 0.3 is 11.9 Å². The first kappa shape index (κ1) is 17.9. The summed E-state index contributed by atoms with van der Waals surface area (Å²) in [6.07, 6.45) is 1.57. The minimum Gasteiger partial charge on any atom is -0.473 e. The number of carbonyl (C=O) groups is 3. The molecule has 2 heterocycles. The highest BCUT2D eigenvalue weighted by atomic mass is 16.5. The van der Waals surface area contributed by atoms with Crippen LogP contribution in [0.2, 0.25) is 0 Å². The number of morpholine rings is 1. The number of para-hydroxylation sites is 1. The number of nitrogens with zero attached hydrogens (tertiary/aromatic N) is 1. The number of aliphatic carboxylic acids is 2. The largest absolute Gasteiger partial charge is 0.473 e. The third-order valence-corrected chi connectivity index (χ3v) is 3.77. The van der Waals surface area contributed by atoms with Gasteiger partial charge in [0.05, 0.1) is 19.3 Å². The fraction of sp³-hybridized carbons (Fsp3) is 0.438. The Balaban J connectivity index is 0.000000301. The van der Waals surface area contributed by atoms with Crippen molar-refractivity contribution in [3.05, 3.63) is 29.8 Å². The molecule has 3 N–H and O–H groups in total. The number of rotatable bonds is 2. The molecule has 2 aliphatic heterocycles. The summed E-state index contributed by atoms with van der Waals surface area (Å²) in [4.78, 5) is 32.2. The zero-order chi connectivity index (χ0) is 17.5. The van der Waals surface area contributed by atoms with E-state index in [1.165, 1.54) is 5.56 Å². The fourth-order valence-electron chi connectivity index (χ4n) is 2.64. The first-order valence-corrected chi connectivity index (χ1v) is 7.66. The van der Waals surface area contributed by atoms with Crippen LogP contribution in [0.3, 0.4) is 0 Å². The van der Waals surface area contributed by atoms with Gasteiger partial charge in [-0.15, -0.1) is 0 Å². The average molecular weight is 336 g/mol. The highest BCUT2D eigenvalue weighted by Crippen LogP contribution is 2.27. The molecule has 2 aliphatic rings. The number of anilines is 1. The second-order valence-electron chi connectivity index (χ2n) is 5.44. The van der Waals surface area contributed by atoms with Crippen LogP contribution in [-0.2, 0) is 25.5 Å². The predicted molar refractivity (Wildman–Crippen MR) is 85.0 cm³/mol. The molecule has 130 valence electrons. The molecule has 8 heteroatoms. The van der Waals surface area contributed by atoms with Gasteiger partial charge in [-0.1, -0.05) is 18.2 Å². The number of carboxylic acids is 2. The average Bonchev–Trinajstić information content (AvgIpc) is 2.59. The smallest absolute Gasteiger partial charge is 0.414 e. The maximum Gasteiger partial charge on any atom is 0.414 e. The molecule has 0 aromatic heterocycles. The number of amides is 1. The fourth-order valence-corrected chi connectivity index (χ4v) is 2.64. The number of fused-ring (bicyclic) bond motifs is 1. The van der Waals surface area contributed by atoms with Gasteiger partial charge in [0.2, 0.25) is 5.91 Å². The first-order valence-electron chi connectivity index (χ1n) is 7.66. The van der Waals surface area contributed by atoms with E-state index >= 15 is 0 Å². The van der Waals surface area contributed by atoms with Crippen molar-refractivity contribution < 1.29 is 29.3 Å². The first-order chi connectivity index (χ1) is 11.5. The predicted octanol–water partition coefficient (Wildman–Crippen LogP) is 0.110. The number of hydrogen-bond acceptors (Lipinski definition) is 5. The summed E-state index contributed by atoms with van der Waals surface area (Å²) in [5, 5.41) is 18.1. The summed E-state index contributed by atoms with van der Waals surface area (Å²) in [7, 11) is 0. The molecule has 0 saturated carbocycles. The van der Waals surface area contributed by atoms with Crippen molar-refractivity contribution in [2.75, 3.05) is 31.1 Å². The number of carbonyl (C=O) groups excluding carboxylic acids is 1. The van der Waals surface area contributed by atoms with Gasteiger partial charge in [-0.05, 0) is 18.1 Å². The molecule has 8 nitrogen and oxygen atoms in total. The van der Waals surface area contributed by atoms with Crippen molar-refractivity contribution >= 4 is 23.5 Å². The van der Waals surface area contributed by atoms with Crippen LogP contribution in [0.5, 0.6) is 0 Å². The van der Waals surface area contributed by atoms with Crippen molar-refractivity contribution in [1.82, 2.24) is 5.32 Å². The number of nitrogens with one attached hydrogen (secondary N) is 1. The Bertz CT molecular complexity index is 600. The van der Waals surface area contributed by atoms with Crippen LogP contribution in [-0.4, -0.2) is 60.4 Å². The van der Waals surface area contributed by atoms with Gasteiger partial charge in [-0.3, -0.25) is 4.79 Å². The van der Waals surface area contributed by atoms with Crippen molar-refractivity contribution in [1.29, 1.82) is 0 Å². The molecule has 0 spiro atoms. The number of ether oxygens (including phenoxy) is 1. The minimum absolute atomic E-state index is 0.105. The van der Waals surface area contributed by atoms with Crippen LogP contribution >= 0.6 is 0 Å². The summed E-state index contributed by atoms with van der Waals surface area (Å²) < 4.78 is 5.69. The number of aryl methyl sites for hydroxylation is 1. The summed E-state index contributed by atoms with van der Waals surface area (Å²) in [5.41, 5.74) is 2.32. The van der Waals surface area contributed by atoms with E-state index in [9.17, 15) is 4.79 Å². The molecule has 3 rings (SSSR count). The van der Waals surface area contributed by atoms with E-state index in [4.69, 9.17) is 24.5 Å². The van der Waals surface area contributed by atoms with E-state index in [1.54, 1.807) is 0 Å². The van der Waals surface area contributed by atoms with Crippen LogP contribution in [0.1, 0.15) is 12.0 Å². The van der Waals surface area contributed by atoms with Crippen LogP contribution in [0, 0.1) is 0 Å². The van der Waals surface area contributed by atoms with Crippen molar-refractivity contribution in [3.63, 3.8) is 0 Å². The Hall–Kier alpha value is -2.45. The molecule has 1 unspecified atom stereocenters. The van der Waals surface area contributed by atoms with E-state index in [0.29, 0.717) is 13.0 Å². The molecule has 0 bridgehead atoms. The lowest BCUT2D eigenvalue weighted by atomic mass is 10.0. The quantitative estimate of drug-likeness (QED) is 0.656. The number of benzene rings is 1. The van der Waals surface area contributed by atoms with E-state index < -0.39 is 11.9 Å². The second kappa shape index (κ2) is 8.42. The minimum atomic E-state index is -1.82. The SMILES string of the molecule is O=C(O)C(=O)O.O=C1CCc2ccccc2N1CC1CNCCO1. The van der Waals surface area contributed by atoms with Crippen LogP contribution in [0.4, 0.5) is 5.69 Å². The number of carboxylic acid groups (broad SMARTS) is 2. The standard InChI is InChI=1S/C14H18N2O2.C2H2O4/c17-14-6-5-11-3-1-2-4-13(11)16(14)10-12-9-15-7-8-18-12;3-1(4)2(5)6/h1-4,12,15H,5-10H2;(H,3,4)(H,5,6). The maximum absolute atomic E-state index is 12.1. The Morgan fingerprint density at radius 1 is 1.21 bits per heavy atom. The molecule has 0 radical (unpaired) electrons. The molecule has 1 aromatic rings. The summed E-state index contributed by atoms with van der Waals surface area (Å²) in [6.45, 7) is 3.12. The lowest BCUT2D eigenvalue weighted by Crippen LogP contribution is -2.48. The van der Waals surface area contributed by atoms with E-state index in [2.05, 4.69) is 11.4 Å². The third-order valence-electron chi connectivity index (χ3n) is 3.77. The summed E-state index contributed by atoms with van der Waals surface area (Å²) >= 11 is 0. The third kappa shape index (κ3) is 4.77. The van der Waals surface area contributed by atoms with E-state index in [0.717, 1.165) is 31.8 Å². The molecular weight excluding hydrogens is 316 g/mol. The van der Waals surface area contributed by atoms with Crippen molar-refractivity contribution in [2.45, 2.75) is 18.9 Å². The van der Waals surface area contributed by atoms with Gasteiger partial charge in [0.1, 0.15) is 0 Å². The van der Waals surface area contributed by atoms with Gasteiger partial charge in [-0.25, -0.2) is 9.59 Å². The molecule has 1 amide bonds. The lowest BCUT2D eigenvalue weighted by molar-refractivity contribution is -0.159. The molecular formula is C16H20N2O6. The van der Waals surface area contributed by atoms with E-state index in [-0.39, 0.29) is 12.0 Å². The monoisotopic (exact) mass is 336 g/mol. The highest BCUT2D eigenvalue weighted by molar-refractivity contribution is 6.27. The molecule has 0 aliphatic carbocycles. The normalized spacial score (nSPS) is 19.8. The number of hydrogen-bond donors (Lipinski definition) is 3. The Kier molecular flexibility index (Phi) is 6.28. The van der Waals surface area contributed by atoms with Gasteiger partial charge in [0.15, 0.2) is 0 Å². The highest BCUT2D eigenvalue weighted by Gasteiger charge is 2.27. The van der Waals surface area contributed by atoms with Crippen molar-refractivity contribution in [2.24, 2.45) is 0 Å².